The Labute approximate surface area is 148 Å². The van der Waals surface area contributed by atoms with Crippen LogP contribution in [0, 0.1) is 5.92 Å². The van der Waals surface area contributed by atoms with E-state index in [0.29, 0.717) is 17.0 Å². The van der Waals surface area contributed by atoms with Gasteiger partial charge in [0.15, 0.2) is 0 Å². The Morgan fingerprint density at radius 1 is 1.32 bits per heavy atom. The maximum atomic E-state index is 12.4. The highest BCUT2D eigenvalue weighted by Crippen LogP contribution is 2.30. The van der Waals surface area contributed by atoms with Gasteiger partial charge < -0.3 is 14.8 Å². The predicted octanol–water partition coefficient (Wildman–Crippen LogP) is 3.81. The monoisotopic (exact) mass is 367 g/mol. The molecule has 7 heteroatoms. The Bertz CT molecular complexity index is 770. The van der Waals surface area contributed by atoms with Crippen LogP contribution >= 0.6 is 11.6 Å². The van der Waals surface area contributed by atoms with Gasteiger partial charge >= 0.3 is 6.61 Å². The quantitative estimate of drug-likeness (QED) is 0.874. The van der Waals surface area contributed by atoms with Crippen molar-refractivity contribution in [3.63, 3.8) is 0 Å². The Kier molecular flexibility index (Phi) is 5.38. The van der Waals surface area contributed by atoms with Gasteiger partial charge in [-0.25, -0.2) is 0 Å². The number of halogens is 3. The summed E-state index contributed by atoms with van der Waals surface area (Å²) in [5, 5.41) is 3.34. The van der Waals surface area contributed by atoms with Crippen molar-refractivity contribution in [1.82, 2.24) is 5.32 Å². The summed E-state index contributed by atoms with van der Waals surface area (Å²) in [6.45, 7) is -2.55. The smallest absolute Gasteiger partial charge is 0.387 e. The van der Waals surface area contributed by atoms with Gasteiger partial charge in [-0.15, -0.1) is 0 Å². The van der Waals surface area contributed by atoms with Crippen LogP contribution in [0.25, 0.3) is 0 Å². The number of para-hydroxylation sites is 1. The second kappa shape index (κ2) is 7.70. The molecule has 1 aliphatic rings. The summed E-state index contributed by atoms with van der Waals surface area (Å²) in [6, 6.07) is 11.7. The van der Waals surface area contributed by atoms with Crippen molar-refractivity contribution >= 4 is 17.5 Å². The van der Waals surface area contributed by atoms with Crippen LogP contribution in [0.4, 0.5) is 8.78 Å². The van der Waals surface area contributed by atoms with Crippen molar-refractivity contribution in [2.75, 3.05) is 6.61 Å². The average Bonchev–Trinajstić information content (AvgIpc) is 2.59. The third-order valence-electron chi connectivity index (χ3n) is 3.94. The Morgan fingerprint density at radius 3 is 2.92 bits per heavy atom. The van der Waals surface area contributed by atoms with Crippen LogP contribution in [0.2, 0.25) is 5.02 Å². The molecule has 1 unspecified atom stereocenters. The predicted molar refractivity (Wildman–Crippen MR) is 89.1 cm³/mol. The van der Waals surface area contributed by atoms with Gasteiger partial charge in [0.05, 0.1) is 5.92 Å². The summed E-state index contributed by atoms with van der Waals surface area (Å²) >= 11 is 5.97. The summed E-state index contributed by atoms with van der Waals surface area (Å²) < 4.78 is 34.9. The number of nitrogens with one attached hydrogen (secondary N) is 1. The largest absolute Gasteiger partial charge is 0.492 e. The molecule has 2 aromatic rings. The first-order valence-corrected chi connectivity index (χ1v) is 8.12. The third-order valence-corrected chi connectivity index (χ3v) is 4.18. The lowest BCUT2D eigenvalue weighted by Gasteiger charge is -2.25. The van der Waals surface area contributed by atoms with Gasteiger partial charge in [0, 0.05) is 17.1 Å². The second-order valence-corrected chi connectivity index (χ2v) is 6.10. The number of fused-ring (bicyclic) bond motifs is 1. The lowest BCUT2D eigenvalue weighted by molar-refractivity contribution is -0.126. The van der Waals surface area contributed by atoms with E-state index in [-0.39, 0.29) is 30.7 Å². The van der Waals surface area contributed by atoms with Gasteiger partial charge in [-0.3, -0.25) is 4.79 Å². The fourth-order valence-corrected chi connectivity index (χ4v) is 2.91. The zero-order valence-corrected chi connectivity index (χ0v) is 13.9. The number of carbonyl (C=O) groups is 1. The molecule has 0 spiro atoms. The number of benzene rings is 2. The van der Waals surface area contributed by atoms with Crippen molar-refractivity contribution in [1.29, 1.82) is 0 Å². The summed E-state index contributed by atoms with van der Waals surface area (Å²) in [4.78, 5) is 12.4. The summed E-state index contributed by atoms with van der Waals surface area (Å²) in [5.41, 5.74) is 1.36. The van der Waals surface area contributed by atoms with Gasteiger partial charge in [-0.05, 0) is 36.2 Å². The van der Waals surface area contributed by atoms with E-state index in [4.69, 9.17) is 16.3 Å². The molecule has 0 aromatic heterocycles. The molecule has 0 radical (unpaired) electrons. The first-order valence-electron chi connectivity index (χ1n) is 7.74. The molecular weight excluding hydrogens is 352 g/mol. The van der Waals surface area contributed by atoms with E-state index >= 15 is 0 Å². The van der Waals surface area contributed by atoms with Crippen LogP contribution in [-0.2, 0) is 17.8 Å². The molecule has 1 heterocycles. The number of hydrogen-bond donors (Lipinski definition) is 1. The highest BCUT2D eigenvalue weighted by atomic mass is 35.5. The van der Waals surface area contributed by atoms with E-state index in [1.165, 1.54) is 6.07 Å². The lowest BCUT2D eigenvalue weighted by atomic mass is 9.96. The first-order chi connectivity index (χ1) is 12.0. The number of amides is 1. The summed E-state index contributed by atoms with van der Waals surface area (Å²) in [5.74, 6) is 0.200. The Balaban J connectivity index is 1.62. The number of alkyl halides is 2. The summed E-state index contributed by atoms with van der Waals surface area (Å²) in [7, 11) is 0. The SMILES string of the molecule is O=C(NCc1ccccc1OC(F)F)C1COc2ccc(Cl)cc2C1. The standard InChI is InChI=1S/C18H16ClF2NO3/c19-14-5-6-15-12(8-14)7-13(10-24-15)17(23)22-9-11-3-1-2-4-16(11)25-18(20)21/h1-6,8,13,18H,7,9-10H2,(H,22,23). The molecule has 1 N–H and O–H groups in total. The molecule has 1 aliphatic heterocycles. The second-order valence-electron chi connectivity index (χ2n) is 5.67. The number of hydrogen-bond acceptors (Lipinski definition) is 3. The molecule has 0 bridgehead atoms. The van der Waals surface area contributed by atoms with E-state index in [1.54, 1.807) is 36.4 Å². The summed E-state index contributed by atoms with van der Waals surface area (Å²) in [6.07, 6.45) is 0.511. The minimum atomic E-state index is -2.91. The number of rotatable bonds is 5. The van der Waals surface area contributed by atoms with Gasteiger partial charge in [0.2, 0.25) is 5.91 Å². The van der Waals surface area contributed by atoms with Crippen LogP contribution in [0.3, 0.4) is 0 Å². The highest BCUT2D eigenvalue weighted by molar-refractivity contribution is 6.30. The fraction of sp³-hybridized carbons (Fsp3) is 0.278. The van der Waals surface area contributed by atoms with Crippen LogP contribution < -0.4 is 14.8 Å². The average molecular weight is 368 g/mol. The van der Waals surface area contributed by atoms with Crippen LogP contribution in [0.15, 0.2) is 42.5 Å². The van der Waals surface area contributed by atoms with Crippen molar-refractivity contribution in [2.45, 2.75) is 19.6 Å². The Morgan fingerprint density at radius 2 is 2.12 bits per heavy atom. The molecule has 0 saturated carbocycles. The molecule has 2 aromatic carbocycles. The highest BCUT2D eigenvalue weighted by Gasteiger charge is 2.26. The first kappa shape index (κ1) is 17.5. The van der Waals surface area contributed by atoms with Crippen LogP contribution in [-0.4, -0.2) is 19.1 Å². The van der Waals surface area contributed by atoms with E-state index in [1.807, 2.05) is 0 Å². The van der Waals surface area contributed by atoms with Crippen LogP contribution in [0.1, 0.15) is 11.1 Å². The van der Waals surface area contributed by atoms with Crippen molar-refractivity contribution in [3.05, 3.63) is 58.6 Å². The molecule has 4 nitrogen and oxygen atoms in total. The molecule has 132 valence electrons. The molecule has 0 fully saturated rings. The number of ether oxygens (including phenoxy) is 2. The van der Waals surface area contributed by atoms with Gasteiger partial charge in [0.1, 0.15) is 18.1 Å². The third kappa shape index (κ3) is 4.39. The topological polar surface area (TPSA) is 47.6 Å². The molecule has 0 saturated heterocycles. The normalized spacial score (nSPS) is 16.1. The fourth-order valence-electron chi connectivity index (χ4n) is 2.72. The van der Waals surface area contributed by atoms with E-state index < -0.39 is 6.61 Å². The molecule has 3 rings (SSSR count). The maximum absolute atomic E-state index is 12.4. The molecule has 25 heavy (non-hydrogen) atoms. The lowest BCUT2D eigenvalue weighted by Crippen LogP contribution is -2.37. The Hall–Kier alpha value is -2.34. The minimum absolute atomic E-state index is 0.0508. The molecule has 1 atom stereocenters. The van der Waals surface area contributed by atoms with E-state index in [0.717, 1.165) is 11.3 Å². The van der Waals surface area contributed by atoms with Crippen molar-refractivity contribution in [2.24, 2.45) is 5.92 Å². The maximum Gasteiger partial charge on any atom is 0.387 e. The zero-order chi connectivity index (χ0) is 17.8. The van der Waals surface area contributed by atoms with E-state index in [9.17, 15) is 13.6 Å². The van der Waals surface area contributed by atoms with Crippen molar-refractivity contribution in [3.8, 4) is 11.5 Å². The van der Waals surface area contributed by atoms with Gasteiger partial charge in [0.25, 0.3) is 0 Å². The van der Waals surface area contributed by atoms with E-state index in [2.05, 4.69) is 10.1 Å². The minimum Gasteiger partial charge on any atom is -0.492 e. The molecular formula is C18H16ClF2NO3. The van der Waals surface area contributed by atoms with Crippen LogP contribution in [0.5, 0.6) is 11.5 Å². The van der Waals surface area contributed by atoms with Crippen molar-refractivity contribution < 1.29 is 23.0 Å². The van der Waals surface area contributed by atoms with Gasteiger partial charge in [-0.1, -0.05) is 29.8 Å². The zero-order valence-electron chi connectivity index (χ0n) is 13.2. The number of carbonyl (C=O) groups excluding carboxylic acids is 1. The molecule has 1 amide bonds. The van der Waals surface area contributed by atoms with Gasteiger partial charge in [-0.2, -0.15) is 8.78 Å². The molecule has 0 aliphatic carbocycles.